The van der Waals surface area contributed by atoms with Crippen molar-refractivity contribution < 1.29 is 23.4 Å². The number of benzene rings is 1. The Morgan fingerprint density at radius 3 is 2.82 bits per heavy atom. The van der Waals surface area contributed by atoms with Gasteiger partial charge in [0.2, 0.25) is 0 Å². The molecule has 4 heterocycles. The molecule has 142 valence electrons. The summed E-state index contributed by atoms with van der Waals surface area (Å²) in [6.07, 6.45) is 0.0132. The van der Waals surface area contributed by atoms with E-state index in [0.717, 1.165) is 6.07 Å². The van der Waals surface area contributed by atoms with Crippen LogP contribution in [0.25, 0.3) is 22.3 Å². The third-order valence-electron chi connectivity index (χ3n) is 5.60. The van der Waals surface area contributed by atoms with Crippen molar-refractivity contribution in [1.82, 2.24) is 9.55 Å². The third kappa shape index (κ3) is 1.95. The fourth-order valence-electron chi connectivity index (χ4n) is 4.03. The van der Waals surface area contributed by atoms with Crippen molar-refractivity contribution in [2.75, 3.05) is 0 Å². The van der Waals surface area contributed by atoms with E-state index in [-0.39, 0.29) is 58.6 Å². The Morgan fingerprint density at radius 2 is 2.07 bits per heavy atom. The summed E-state index contributed by atoms with van der Waals surface area (Å²) in [7, 11) is 0. The summed E-state index contributed by atoms with van der Waals surface area (Å²) in [4.78, 5) is 29.5. The average molecular weight is 384 g/mol. The Hall–Kier alpha value is -3.13. The molecular formula is C20H14F2N2O4. The first-order chi connectivity index (χ1) is 13.4. The average Bonchev–Trinajstić information content (AvgIpc) is 3.05. The molecule has 28 heavy (non-hydrogen) atoms. The summed E-state index contributed by atoms with van der Waals surface area (Å²) in [6.45, 7) is 1.22. The zero-order chi connectivity index (χ0) is 19.8. The molecule has 0 radical (unpaired) electrons. The van der Waals surface area contributed by atoms with Crippen LogP contribution in [0.5, 0.6) is 0 Å². The lowest BCUT2D eigenvalue weighted by Crippen LogP contribution is -2.44. The van der Waals surface area contributed by atoms with Gasteiger partial charge in [0, 0.05) is 11.1 Å². The minimum absolute atomic E-state index is 0.0132. The number of rotatable bonds is 1. The normalized spacial score (nSPS) is 19.9. The molecular weight excluding hydrogens is 370 g/mol. The summed E-state index contributed by atoms with van der Waals surface area (Å²) >= 11 is 0. The highest BCUT2D eigenvalue weighted by Crippen LogP contribution is 2.39. The van der Waals surface area contributed by atoms with E-state index in [4.69, 9.17) is 4.74 Å². The standard InChI is InChI=1S/C20H14F2N2O4/c1-2-20(27)11-6-14-17-9(7-24(14)18(25)10(11)8-28-19(20)26)16(22)15-12(21)4-3-5-13(15)23-17/h3-6,27H,2,7-8H2,1H3/t20-/m0/s1. The molecule has 1 atom stereocenters. The van der Waals surface area contributed by atoms with Crippen molar-refractivity contribution in [2.24, 2.45) is 0 Å². The zero-order valence-corrected chi connectivity index (χ0v) is 14.8. The Morgan fingerprint density at radius 1 is 1.29 bits per heavy atom. The molecule has 2 aliphatic heterocycles. The van der Waals surface area contributed by atoms with Crippen LogP contribution in [0.15, 0.2) is 29.1 Å². The van der Waals surface area contributed by atoms with Crippen molar-refractivity contribution >= 4 is 16.9 Å². The van der Waals surface area contributed by atoms with Crippen LogP contribution < -0.4 is 5.56 Å². The highest BCUT2D eigenvalue weighted by atomic mass is 19.1. The van der Waals surface area contributed by atoms with E-state index in [1.165, 1.54) is 22.8 Å². The predicted molar refractivity (Wildman–Crippen MR) is 94.4 cm³/mol. The number of carbonyl (C=O) groups is 1. The Balaban J connectivity index is 1.85. The van der Waals surface area contributed by atoms with Crippen molar-refractivity contribution in [1.29, 1.82) is 0 Å². The second-order valence-electron chi connectivity index (χ2n) is 6.99. The van der Waals surface area contributed by atoms with E-state index in [1.807, 2.05) is 0 Å². The van der Waals surface area contributed by atoms with Gasteiger partial charge in [0.15, 0.2) is 5.60 Å². The number of esters is 1. The van der Waals surface area contributed by atoms with Gasteiger partial charge in [-0.3, -0.25) is 4.79 Å². The van der Waals surface area contributed by atoms with Crippen LogP contribution in [0.1, 0.15) is 30.0 Å². The number of pyridine rings is 2. The maximum Gasteiger partial charge on any atom is 0.343 e. The van der Waals surface area contributed by atoms with Crippen LogP contribution in [0.4, 0.5) is 8.78 Å². The monoisotopic (exact) mass is 384 g/mol. The van der Waals surface area contributed by atoms with Crippen LogP contribution in [0, 0.1) is 11.6 Å². The molecule has 0 unspecified atom stereocenters. The number of ether oxygens (including phenoxy) is 1. The third-order valence-corrected chi connectivity index (χ3v) is 5.60. The van der Waals surface area contributed by atoms with Gasteiger partial charge in [-0.25, -0.2) is 18.6 Å². The summed E-state index contributed by atoms with van der Waals surface area (Å²) in [5.41, 5.74) is -1.43. The fourth-order valence-corrected chi connectivity index (χ4v) is 4.03. The molecule has 0 spiro atoms. The van der Waals surface area contributed by atoms with Crippen LogP contribution in [0.3, 0.4) is 0 Å². The van der Waals surface area contributed by atoms with Crippen LogP contribution in [-0.4, -0.2) is 20.6 Å². The number of aromatic nitrogens is 2. The summed E-state index contributed by atoms with van der Waals surface area (Å²) in [5, 5.41) is 10.6. The Kier molecular flexibility index (Phi) is 3.31. The number of halogens is 2. The number of hydrogen-bond donors (Lipinski definition) is 1. The van der Waals surface area contributed by atoms with Gasteiger partial charge in [0.1, 0.15) is 18.2 Å². The van der Waals surface area contributed by atoms with Gasteiger partial charge in [-0.1, -0.05) is 13.0 Å². The number of cyclic esters (lactones) is 1. The van der Waals surface area contributed by atoms with E-state index < -0.39 is 28.8 Å². The van der Waals surface area contributed by atoms with Gasteiger partial charge in [0.05, 0.1) is 34.4 Å². The summed E-state index contributed by atoms with van der Waals surface area (Å²) in [5.74, 6) is -2.32. The Bertz CT molecular complexity index is 1270. The fraction of sp³-hybridized carbons (Fsp3) is 0.250. The van der Waals surface area contributed by atoms with Crippen LogP contribution in [0.2, 0.25) is 0 Å². The van der Waals surface area contributed by atoms with Gasteiger partial charge in [-0.15, -0.1) is 0 Å². The molecule has 0 saturated carbocycles. The molecule has 1 aromatic carbocycles. The van der Waals surface area contributed by atoms with Gasteiger partial charge in [-0.05, 0) is 24.6 Å². The van der Waals surface area contributed by atoms with Crippen molar-refractivity contribution in [2.45, 2.75) is 32.1 Å². The second kappa shape index (κ2) is 5.45. The molecule has 6 nitrogen and oxygen atoms in total. The number of aliphatic hydroxyl groups is 1. The highest BCUT2D eigenvalue weighted by Gasteiger charge is 2.45. The lowest BCUT2D eigenvalue weighted by Gasteiger charge is -2.31. The number of nitrogens with zero attached hydrogens (tertiary/aromatic N) is 2. The lowest BCUT2D eigenvalue weighted by molar-refractivity contribution is -0.172. The molecule has 0 amide bonds. The quantitative estimate of drug-likeness (QED) is 0.510. The first-order valence-electron chi connectivity index (χ1n) is 8.80. The molecule has 0 aliphatic carbocycles. The highest BCUT2D eigenvalue weighted by molar-refractivity contribution is 5.87. The molecule has 2 aliphatic rings. The second-order valence-corrected chi connectivity index (χ2v) is 6.99. The van der Waals surface area contributed by atoms with E-state index in [0.29, 0.717) is 0 Å². The predicted octanol–water partition coefficient (Wildman–Crippen LogP) is 2.36. The van der Waals surface area contributed by atoms with E-state index in [9.17, 15) is 19.1 Å². The van der Waals surface area contributed by atoms with Gasteiger partial charge in [0.25, 0.3) is 5.56 Å². The number of hydrogen-bond acceptors (Lipinski definition) is 5. The molecule has 0 bridgehead atoms. The maximum absolute atomic E-state index is 15.1. The molecule has 3 aromatic rings. The number of fused-ring (bicyclic) bond motifs is 5. The first-order valence-corrected chi connectivity index (χ1v) is 8.80. The lowest BCUT2D eigenvalue weighted by atomic mass is 9.86. The summed E-state index contributed by atoms with van der Waals surface area (Å²) < 4.78 is 35.5. The zero-order valence-electron chi connectivity index (χ0n) is 14.8. The van der Waals surface area contributed by atoms with E-state index in [1.54, 1.807) is 6.92 Å². The van der Waals surface area contributed by atoms with E-state index in [2.05, 4.69) is 4.98 Å². The summed E-state index contributed by atoms with van der Waals surface area (Å²) in [6, 6.07) is 5.55. The Labute approximate surface area is 157 Å². The van der Waals surface area contributed by atoms with Crippen LogP contribution in [-0.2, 0) is 28.3 Å². The molecule has 2 aromatic heterocycles. The van der Waals surface area contributed by atoms with Crippen molar-refractivity contribution in [3.8, 4) is 11.4 Å². The SMILES string of the molecule is CC[C@@]1(O)C(=O)OCc2c1cc1n(c2=O)Cc2c-1nc1cccc(F)c1c2F. The van der Waals surface area contributed by atoms with Crippen molar-refractivity contribution in [3.05, 3.63) is 62.9 Å². The smallest absolute Gasteiger partial charge is 0.343 e. The van der Waals surface area contributed by atoms with Gasteiger partial charge >= 0.3 is 5.97 Å². The topological polar surface area (TPSA) is 81.4 Å². The van der Waals surface area contributed by atoms with Gasteiger partial charge in [-0.2, -0.15) is 0 Å². The number of carbonyl (C=O) groups excluding carboxylic acids is 1. The van der Waals surface area contributed by atoms with E-state index >= 15 is 4.39 Å². The maximum atomic E-state index is 15.1. The van der Waals surface area contributed by atoms with Gasteiger partial charge < -0.3 is 14.4 Å². The van der Waals surface area contributed by atoms with Crippen molar-refractivity contribution in [3.63, 3.8) is 0 Å². The van der Waals surface area contributed by atoms with Crippen LogP contribution >= 0.6 is 0 Å². The molecule has 8 heteroatoms. The largest absolute Gasteiger partial charge is 0.458 e. The minimum atomic E-state index is -1.95. The molecule has 5 rings (SSSR count). The molecule has 1 N–H and O–H groups in total. The molecule has 0 fully saturated rings. The minimum Gasteiger partial charge on any atom is -0.458 e. The molecule has 0 saturated heterocycles. The first kappa shape index (κ1) is 17.0.